The van der Waals surface area contributed by atoms with Gasteiger partial charge in [-0.1, -0.05) is 128 Å². The summed E-state index contributed by atoms with van der Waals surface area (Å²) in [5.74, 6) is -0.409. The van der Waals surface area contributed by atoms with Crippen LogP contribution < -0.4 is 0 Å². The third-order valence-electron chi connectivity index (χ3n) is 9.08. The Bertz CT molecular complexity index is 1020. The third-order valence-corrected chi connectivity index (χ3v) is 9.54. The van der Waals surface area contributed by atoms with Crippen molar-refractivity contribution in [1.82, 2.24) is 0 Å². The molecule has 0 aromatic heterocycles. The van der Waals surface area contributed by atoms with Crippen LogP contribution in [0, 0.1) is 0 Å². The van der Waals surface area contributed by atoms with Gasteiger partial charge in [-0.05, 0) is 44.9 Å². The second-order valence-electron chi connectivity index (χ2n) is 13.9. The minimum Gasteiger partial charge on any atom is -0.457 e. The maximum atomic E-state index is 12.7. The number of unbranched alkanes of at least 4 members (excludes halogenated alkanes) is 17. The maximum Gasteiger partial charge on any atom is 0.397 e. The lowest BCUT2D eigenvalue weighted by molar-refractivity contribution is -0.301. The van der Waals surface area contributed by atoms with Crippen LogP contribution in [0.1, 0.15) is 155 Å². The molecule has 0 aromatic carbocycles. The molecular formula is C39H72O12S. The fourth-order valence-corrected chi connectivity index (χ4v) is 6.50. The minimum atomic E-state index is -5.05. The molecule has 1 rings (SSSR count). The summed E-state index contributed by atoms with van der Waals surface area (Å²) in [6, 6.07) is 0. The van der Waals surface area contributed by atoms with Gasteiger partial charge in [-0.15, -0.1) is 0 Å². The number of carbonyl (C=O) groups excluding carboxylic acids is 1. The molecule has 12 nitrogen and oxygen atoms in total. The Labute approximate surface area is 314 Å². The summed E-state index contributed by atoms with van der Waals surface area (Å²) in [7, 11) is -5.05. The van der Waals surface area contributed by atoms with Gasteiger partial charge in [0.15, 0.2) is 6.29 Å². The van der Waals surface area contributed by atoms with Gasteiger partial charge < -0.3 is 34.3 Å². The quantitative estimate of drug-likeness (QED) is 0.0223. The van der Waals surface area contributed by atoms with Gasteiger partial charge in [0.1, 0.15) is 30.5 Å². The minimum absolute atomic E-state index is 0.0340. The van der Waals surface area contributed by atoms with Gasteiger partial charge in [-0.3, -0.25) is 9.35 Å². The Morgan fingerprint density at radius 3 is 1.87 bits per heavy atom. The predicted molar refractivity (Wildman–Crippen MR) is 202 cm³/mol. The first kappa shape index (κ1) is 48.6. The lowest BCUT2D eigenvalue weighted by Gasteiger charge is -2.41. The first-order chi connectivity index (χ1) is 25.1. The largest absolute Gasteiger partial charge is 0.457 e. The molecule has 1 fully saturated rings. The van der Waals surface area contributed by atoms with Crippen LogP contribution in [0.15, 0.2) is 24.3 Å². The molecule has 52 heavy (non-hydrogen) atoms. The summed E-state index contributed by atoms with van der Waals surface area (Å²) in [4.78, 5) is 12.7. The van der Waals surface area contributed by atoms with E-state index < -0.39 is 59.8 Å². The molecule has 13 heteroatoms. The monoisotopic (exact) mass is 764 g/mol. The van der Waals surface area contributed by atoms with Gasteiger partial charge in [0.25, 0.3) is 0 Å². The molecule has 4 N–H and O–H groups in total. The fourth-order valence-electron chi connectivity index (χ4n) is 6.00. The van der Waals surface area contributed by atoms with Crippen molar-refractivity contribution in [2.75, 3.05) is 26.4 Å². The van der Waals surface area contributed by atoms with E-state index in [0.29, 0.717) is 13.0 Å². The lowest BCUT2D eigenvalue weighted by Crippen LogP contribution is -2.60. The molecule has 0 aromatic rings. The number of allylic oxidation sites excluding steroid dienone is 4. The van der Waals surface area contributed by atoms with Gasteiger partial charge in [0, 0.05) is 13.0 Å². The third kappa shape index (κ3) is 25.6. The average Bonchev–Trinajstić information content (AvgIpc) is 3.11. The van der Waals surface area contributed by atoms with Crippen molar-refractivity contribution < 1.29 is 56.2 Å². The Morgan fingerprint density at radius 1 is 0.731 bits per heavy atom. The van der Waals surface area contributed by atoms with Crippen LogP contribution in [0.3, 0.4) is 0 Å². The molecule has 0 saturated carbocycles. The Kier molecular flexibility index (Phi) is 29.8. The SMILES string of the molecule is CCCCC/C=C\C/C=C\CCCCCCCCCCOCC(COC1OC(CO)C(O)C(OS(=O)(=O)O)C1O)OC(=O)CCCCCCCCC. The van der Waals surface area contributed by atoms with Gasteiger partial charge in [0.2, 0.25) is 0 Å². The van der Waals surface area contributed by atoms with Gasteiger partial charge in [-0.25, -0.2) is 4.18 Å². The second kappa shape index (κ2) is 31.9. The highest BCUT2D eigenvalue weighted by molar-refractivity contribution is 7.80. The van der Waals surface area contributed by atoms with Gasteiger partial charge >= 0.3 is 16.4 Å². The van der Waals surface area contributed by atoms with Crippen LogP contribution in [0.5, 0.6) is 0 Å². The van der Waals surface area contributed by atoms with Crippen molar-refractivity contribution in [1.29, 1.82) is 0 Å². The van der Waals surface area contributed by atoms with Crippen molar-refractivity contribution in [3.63, 3.8) is 0 Å². The molecule has 1 saturated heterocycles. The molecule has 0 spiro atoms. The van der Waals surface area contributed by atoms with Crippen LogP contribution in [0.4, 0.5) is 0 Å². The van der Waals surface area contributed by atoms with Crippen LogP contribution >= 0.6 is 0 Å². The van der Waals surface area contributed by atoms with E-state index in [1.807, 2.05) is 0 Å². The van der Waals surface area contributed by atoms with Crippen LogP contribution in [-0.4, -0.2) is 97.5 Å². The maximum absolute atomic E-state index is 12.7. The van der Waals surface area contributed by atoms with Crippen molar-refractivity contribution in [2.45, 2.75) is 192 Å². The van der Waals surface area contributed by atoms with E-state index in [9.17, 15) is 28.5 Å². The summed E-state index contributed by atoms with van der Waals surface area (Å²) in [6.45, 7) is 3.88. The van der Waals surface area contributed by atoms with Crippen LogP contribution in [-0.2, 0) is 38.3 Å². The summed E-state index contributed by atoms with van der Waals surface area (Å²) in [6.07, 6.45) is 23.9. The van der Waals surface area contributed by atoms with E-state index in [0.717, 1.165) is 51.4 Å². The molecule has 6 atom stereocenters. The molecule has 0 amide bonds. The van der Waals surface area contributed by atoms with Crippen LogP contribution in [0.2, 0.25) is 0 Å². The predicted octanol–water partition coefficient (Wildman–Crippen LogP) is 7.29. The zero-order valence-corrected chi connectivity index (χ0v) is 32.9. The molecule has 0 bridgehead atoms. The highest BCUT2D eigenvalue weighted by Gasteiger charge is 2.48. The van der Waals surface area contributed by atoms with Crippen molar-refractivity contribution in [2.24, 2.45) is 0 Å². The average molecular weight is 765 g/mol. The highest BCUT2D eigenvalue weighted by atomic mass is 32.3. The number of aliphatic hydroxyl groups is 3. The van der Waals surface area contributed by atoms with E-state index >= 15 is 0 Å². The van der Waals surface area contributed by atoms with Crippen molar-refractivity contribution in [3.05, 3.63) is 24.3 Å². The number of ether oxygens (including phenoxy) is 4. The normalized spacial score (nSPS) is 21.7. The van der Waals surface area contributed by atoms with Crippen molar-refractivity contribution >= 4 is 16.4 Å². The second-order valence-corrected chi connectivity index (χ2v) is 14.9. The van der Waals surface area contributed by atoms with Crippen molar-refractivity contribution in [3.8, 4) is 0 Å². The van der Waals surface area contributed by atoms with E-state index in [1.165, 1.54) is 77.0 Å². The summed E-state index contributed by atoms with van der Waals surface area (Å²) in [5.41, 5.74) is 0. The van der Waals surface area contributed by atoms with E-state index in [4.69, 9.17) is 23.5 Å². The van der Waals surface area contributed by atoms with E-state index in [-0.39, 0.29) is 19.6 Å². The Morgan fingerprint density at radius 2 is 1.27 bits per heavy atom. The standard InChI is InChI=1S/C39H72O12S/c1-3-5-7-9-11-12-13-14-15-16-17-18-19-20-21-23-25-27-29-47-31-33(49-35(41)28-26-24-22-10-8-6-4-2)32-48-39-37(43)38(51-52(44,45)46)36(42)34(30-40)50-39/h11-12,14-15,33-34,36-40,42-43H,3-10,13,16-32H2,1-2H3,(H,44,45,46)/b12-11-,15-14-. The van der Waals surface area contributed by atoms with Gasteiger partial charge in [0.05, 0.1) is 19.8 Å². The summed E-state index contributed by atoms with van der Waals surface area (Å²) in [5, 5.41) is 30.5. The van der Waals surface area contributed by atoms with Gasteiger partial charge in [-0.2, -0.15) is 8.42 Å². The molecule has 306 valence electrons. The molecule has 0 radical (unpaired) electrons. The topological polar surface area (TPSA) is 178 Å². The lowest BCUT2D eigenvalue weighted by atomic mass is 9.99. The Balaban J connectivity index is 2.41. The van der Waals surface area contributed by atoms with Crippen LogP contribution in [0.25, 0.3) is 0 Å². The number of hydrogen-bond acceptors (Lipinski definition) is 11. The number of carbonyl (C=O) groups is 1. The zero-order chi connectivity index (χ0) is 38.3. The first-order valence-corrected chi connectivity index (χ1v) is 21.5. The number of aliphatic hydroxyl groups excluding tert-OH is 3. The fraction of sp³-hybridized carbons (Fsp3) is 0.872. The number of hydrogen-bond donors (Lipinski definition) is 4. The molecule has 1 heterocycles. The molecular weight excluding hydrogens is 692 g/mol. The Hall–Kier alpha value is -1.42. The highest BCUT2D eigenvalue weighted by Crippen LogP contribution is 2.26. The molecule has 1 aliphatic heterocycles. The summed E-state index contributed by atoms with van der Waals surface area (Å²) < 4.78 is 58.7. The van der Waals surface area contributed by atoms with E-state index in [1.54, 1.807) is 0 Å². The zero-order valence-electron chi connectivity index (χ0n) is 32.1. The molecule has 0 aliphatic carbocycles. The first-order valence-electron chi connectivity index (χ1n) is 20.1. The number of esters is 1. The smallest absolute Gasteiger partial charge is 0.397 e. The van der Waals surface area contributed by atoms with E-state index in [2.05, 4.69) is 42.3 Å². The summed E-state index contributed by atoms with van der Waals surface area (Å²) >= 11 is 0. The number of rotatable bonds is 34. The molecule has 1 aliphatic rings. The molecule has 6 unspecified atom stereocenters.